The number of aryl methyl sites for hydroxylation is 1. The maximum Gasteiger partial charge on any atom is 0.329 e. The number of piperidine rings is 1. The lowest BCUT2D eigenvalue weighted by Gasteiger charge is -2.24. The normalized spacial score (nSPS) is 21.7. The van der Waals surface area contributed by atoms with Gasteiger partial charge in [-0.05, 0) is 55.9 Å². The number of hydrogen-bond donors (Lipinski definition) is 1. The molecule has 1 unspecified atom stereocenters. The van der Waals surface area contributed by atoms with Crippen molar-refractivity contribution in [2.24, 2.45) is 18.9 Å². The van der Waals surface area contributed by atoms with Crippen molar-refractivity contribution in [3.63, 3.8) is 0 Å². The van der Waals surface area contributed by atoms with Gasteiger partial charge in [-0.1, -0.05) is 42.2 Å². The number of ether oxygens (including phenoxy) is 1. The van der Waals surface area contributed by atoms with Crippen molar-refractivity contribution >= 4 is 28.8 Å². The van der Waals surface area contributed by atoms with E-state index in [0.29, 0.717) is 24.1 Å². The van der Waals surface area contributed by atoms with Crippen LogP contribution in [0.3, 0.4) is 0 Å². The predicted molar refractivity (Wildman–Crippen MR) is 137 cm³/mol. The smallest absolute Gasteiger partial charge is 0.329 e. The van der Waals surface area contributed by atoms with Crippen LogP contribution in [0.2, 0.25) is 0 Å². The third-order valence-electron chi connectivity index (χ3n) is 7.32. The third-order valence-corrected chi connectivity index (χ3v) is 7.32. The minimum Gasteiger partial charge on any atom is -0.461 e. The standard InChI is InChI=1S/C29H29N3O5/c1-31-25-17-20(11-14-23(25)32(29(31)36)24-15-16-26(33)30-27(24)34)8-7-19-9-12-22(13-10-19)28(35)37-18-21-5-3-2-4-6-21/h2-6,11,14,17,19,22,24H,9-10,12-13,15-16,18H2,1H3,(H,30,33,34). The van der Waals surface area contributed by atoms with Crippen LogP contribution in [0.15, 0.2) is 53.3 Å². The molecule has 1 saturated heterocycles. The number of carbonyl (C=O) groups excluding carboxylic acids is 3. The summed E-state index contributed by atoms with van der Waals surface area (Å²) in [6.07, 6.45) is 3.70. The van der Waals surface area contributed by atoms with Crippen molar-refractivity contribution in [1.29, 1.82) is 0 Å². The second-order valence-corrected chi connectivity index (χ2v) is 9.79. The fourth-order valence-electron chi connectivity index (χ4n) is 5.18. The number of nitrogens with one attached hydrogen (secondary N) is 1. The molecule has 2 amide bonds. The highest BCUT2D eigenvalue weighted by Crippen LogP contribution is 2.30. The summed E-state index contributed by atoms with van der Waals surface area (Å²) in [4.78, 5) is 49.3. The molecule has 2 heterocycles. The Balaban J connectivity index is 1.23. The quantitative estimate of drug-likeness (QED) is 0.338. The fourth-order valence-corrected chi connectivity index (χ4v) is 5.18. The number of benzene rings is 2. The molecule has 37 heavy (non-hydrogen) atoms. The van der Waals surface area contributed by atoms with Gasteiger partial charge in [-0.3, -0.25) is 28.8 Å². The Labute approximate surface area is 214 Å². The van der Waals surface area contributed by atoms with Crippen LogP contribution >= 0.6 is 0 Å². The van der Waals surface area contributed by atoms with Gasteiger partial charge in [0, 0.05) is 24.9 Å². The molecule has 1 aliphatic carbocycles. The zero-order chi connectivity index (χ0) is 25.9. The van der Waals surface area contributed by atoms with Gasteiger partial charge in [-0.25, -0.2) is 4.79 Å². The number of aromatic nitrogens is 2. The van der Waals surface area contributed by atoms with E-state index in [4.69, 9.17) is 4.74 Å². The van der Waals surface area contributed by atoms with Gasteiger partial charge >= 0.3 is 11.7 Å². The lowest BCUT2D eigenvalue weighted by atomic mass is 9.82. The van der Waals surface area contributed by atoms with Crippen LogP contribution in [0.5, 0.6) is 0 Å². The van der Waals surface area contributed by atoms with E-state index in [1.54, 1.807) is 7.05 Å². The van der Waals surface area contributed by atoms with Crippen molar-refractivity contribution < 1.29 is 19.1 Å². The Morgan fingerprint density at radius 1 is 1.00 bits per heavy atom. The third kappa shape index (κ3) is 5.21. The summed E-state index contributed by atoms with van der Waals surface area (Å²) in [6.45, 7) is 0.301. The highest BCUT2D eigenvalue weighted by molar-refractivity contribution is 6.00. The van der Waals surface area contributed by atoms with Crippen LogP contribution in [0.1, 0.15) is 55.7 Å². The van der Waals surface area contributed by atoms with E-state index in [0.717, 1.165) is 36.8 Å². The molecule has 190 valence electrons. The summed E-state index contributed by atoms with van der Waals surface area (Å²) in [5.74, 6) is 5.79. The SMILES string of the molecule is Cn1c(=O)n(C2CCC(=O)NC2=O)c2ccc(C#CC3CCC(C(=O)OCc4ccccc4)CC3)cc21. The average Bonchev–Trinajstić information content (AvgIpc) is 3.16. The molecule has 8 nitrogen and oxygen atoms in total. The lowest BCUT2D eigenvalue weighted by molar-refractivity contribution is -0.151. The monoisotopic (exact) mass is 499 g/mol. The van der Waals surface area contributed by atoms with Gasteiger partial charge in [0.1, 0.15) is 12.6 Å². The van der Waals surface area contributed by atoms with E-state index < -0.39 is 11.9 Å². The Morgan fingerprint density at radius 2 is 1.76 bits per heavy atom. The Bertz CT molecular complexity index is 1470. The van der Waals surface area contributed by atoms with Crippen LogP contribution in [0, 0.1) is 23.7 Å². The van der Waals surface area contributed by atoms with Gasteiger partial charge in [-0.2, -0.15) is 0 Å². The number of nitrogens with zero attached hydrogens (tertiary/aromatic N) is 2. The zero-order valence-corrected chi connectivity index (χ0v) is 20.7. The summed E-state index contributed by atoms with van der Waals surface area (Å²) in [5, 5.41) is 2.32. The summed E-state index contributed by atoms with van der Waals surface area (Å²) in [5.41, 5.74) is 2.80. The van der Waals surface area contributed by atoms with Gasteiger partial charge < -0.3 is 4.74 Å². The first-order chi connectivity index (χ1) is 17.9. The molecule has 2 aliphatic rings. The van der Waals surface area contributed by atoms with Crippen LogP contribution in [-0.4, -0.2) is 26.9 Å². The molecule has 1 saturated carbocycles. The molecule has 1 N–H and O–H groups in total. The first-order valence-electron chi connectivity index (χ1n) is 12.7. The van der Waals surface area contributed by atoms with E-state index >= 15 is 0 Å². The lowest BCUT2D eigenvalue weighted by Crippen LogP contribution is -2.44. The molecule has 5 rings (SSSR count). The van der Waals surface area contributed by atoms with Crippen LogP contribution in [-0.2, 0) is 32.8 Å². The molecular formula is C29H29N3O5. The number of fused-ring (bicyclic) bond motifs is 1. The first kappa shape index (κ1) is 24.6. The molecule has 2 aromatic carbocycles. The summed E-state index contributed by atoms with van der Waals surface area (Å²) in [7, 11) is 1.67. The minimum atomic E-state index is -0.708. The Hall–Kier alpha value is -4.12. The minimum absolute atomic E-state index is 0.0836. The van der Waals surface area contributed by atoms with E-state index in [9.17, 15) is 19.2 Å². The van der Waals surface area contributed by atoms with Crippen molar-refractivity contribution in [2.45, 2.75) is 51.2 Å². The van der Waals surface area contributed by atoms with Gasteiger partial charge in [0.25, 0.3) is 0 Å². The number of esters is 1. The number of imidazole rings is 1. The number of rotatable bonds is 4. The van der Waals surface area contributed by atoms with Gasteiger partial charge in [0.2, 0.25) is 11.8 Å². The average molecular weight is 500 g/mol. The summed E-state index contributed by atoms with van der Waals surface area (Å²) in [6, 6.07) is 14.5. The maximum atomic E-state index is 12.9. The second-order valence-electron chi connectivity index (χ2n) is 9.79. The molecule has 0 radical (unpaired) electrons. The molecule has 0 spiro atoms. The highest BCUT2D eigenvalue weighted by atomic mass is 16.5. The number of carbonyl (C=O) groups is 3. The van der Waals surface area contributed by atoms with Gasteiger partial charge in [0.05, 0.1) is 17.0 Å². The van der Waals surface area contributed by atoms with E-state index in [-0.39, 0.29) is 35.8 Å². The Morgan fingerprint density at radius 3 is 2.49 bits per heavy atom. The van der Waals surface area contributed by atoms with E-state index in [1.807, 2.05) is 48.5 Å². The second kappa shape index (κ2) is 10.5. The molecule has 3 aromatic rings. The largest absolute Gasteiger partial charge is 0.461 e. The van der Waals surface area contributed by atoms with Crippen LogP contribution < -0.4 is 11.0 Å². The van der Waals surface area contributed by atoms with Gasteiger partial charge in [-0.15, -0.1) is 0 Å². The van der Waals surface area contributed by atoms with Crippen molar-refractivity contribution in [1.82, 2.24) is 14.5 Å². The molecule has 1 aliphatic heterocycles. The molecule has 0 bridgehead atoms. The van der Waals surface area contributed by atoms with E-state index in [2.05, 4.69) is 17.2 Å². The van der Waals surface area contributed by atoms with Crippen molar-refractivity contribution in [3.05, 3.63) is 70.1 Å². The number of imide groups is 1. The first-order valence-corrected chi connectivity index (χ1v) is 12.7. The van der Waals surface area contributed by atoms with Crippen LogP contribution in [0.4, 0.5) is 0 Å². The highest BCUT2D eigenvalue weighted by Gasteiger charge is 2.31. The molecule has 1 aromatic heterocycles. The summed E-state index contributed by atoms with van der Waals surface area (Å²) < 4.78 is 8.48. The molecule has 8 heteroatoms. The number of hydrogen-bond acceptors (Lipinski definition) is 5. The van der Waals surface area contributed by atoms with Crippen molar-refractivity contribution in [2.75, 3.05) is 0 Å². The van der Waals surface area contributed by atoms with Crippen LogP contribution in [0.25, 0.3) is 11.0 Å². The fraction of sp³-hybridized carbons (Fsp3) is 0.379. The van der Waals surface area contributed by atoms with Gasteiger partial charge in [0.15, 0.2) is 0 Å². The molecule has 2 fully saturated rings. The molecule has 1 atom stereocenters. The molecular weight excluding hydrogens is 470 g/mol. The maximum absolute atomic E-state index is 12.9. The Kier molecular flexibility index (Phi) is 6.95. The zero-order valence-electron chi connectivity index (χ0n) is 20.7. The van der Waals surface area contributed by atoms with E-state index in [1.165, 1.54) is 9.13 Å². The summed E-state index contributed by atoms with van der Waals surface area (Å²) >= 11 is 0. The topological polar surface area (TPSA) is 99.4 Å². The predicted octanol–water partition coefficient (Wildman–Crippen LogP) is 3.22. The number of amides is 2. The van der Waals surface area contributed by atoms with Crippen molar-refractivity contribution in [3.8, 4) is 11.8 Å².